The summed E-state index contributed by atoms with van der Waals surface area (Å²) in [6, 6.07) is 7.23. The number of ether oxygens (including phenoxy) is 1. The van der Waals surface area contributed by atoms with Gasteiger partial charge in [-0.05, 0) is 43.5 Å². The second kappa shape index (κ2) is 7.21. The van der Waals surface area contributed by atoms with Gasteiger partial charge in [-0.25, -0.2) is 0 Å². The summed E-state index contributed by atoms with van der Waals surface area (Å²) in [6.45, 7) is 3.39. The van der Waals surface area contributed by atoms with Gasteiger partial charge in [-0.15, -0.1) is 0 Å². The third-order valence-electron chi connectivity index (χ3n) is 5.07. The van der Waals surface area contributed by atoms with Gasteiger partial charge in [-0.2, -0.15) is 0 Å². The van der Waals surface area contributed by atoms with Crippen molar-refractivity contribution in [3.8, 4) is 5.75 Å². The highest BCUT2D eigenvalue weighted by atomic mass is 16.5. The molecule has 0 radical (unpaired) electrons. The van der Waals surface area contributed by atoms with Crippen LogP contribution < -0.4 is 10.5 Å². The average Bonchev–Trinajstić information content (AvgIpc) is 2.85. The van der Waals surface area contributed by atoms with Crippen LogP contribution in [0, 0.1) is 5.92 Å². The minimum atomic E-state index is -0.433. The van der Waals surface area contributed by atoms with Crippen molar-refractivity contribution in [3.05, 3.63) is 29.8 Å². The number of likely N-dealkylation sites (N-methyl/N-ethyl adjacent to an activating group) is 1. The number of hydrogen-bond acceptors (Lipinski definition) is 4. The van der Waals surface area contributed by atoms with Gasteiger partial charge in [0, 0.05) is 38.3 Å². The summed E-state index contributed by atoms with van der Waals surface area (Å²) in [5, 5.41) is 0. The number of benzene rings is 1. The molecule has 24 heavy (non-hydrogen) atoms. The molecular formula is C18H25N3O3. The van der Waals surface area contributed by atoms with Crippen LogP contribution >= 0.6 is 0 Å². The number of carbonyl (C=O) groups excluding carboxylic acids is 2. The van der Waals surface area contributed by atoms with Crippen LogP contribution in [0.3, 0.4) is 0 Å². The van der Waals surface area contributed by atoms with Crippen molar-refractivity contribution in [2.45, 2.75) is 25.3 Å². The first-order valence-corrected chi connectivity index (χ1v) is 8.56. The molecule has 2 N–H and O–H groups in total. The fourth-order valence-corrected chi connectivity index (χ4v) is 3.62. The average molecular weight is 331 g/mol. The van der Waals surface area contributed by atoms with Gasteiger partial charge in [-0.1, -0.05) is 0 Å². The van der Waals surface area contributed by atoms with Crippen molar-refractivity contribution < 1.29 is 14.3 Å². The second-order valence-electron chi connectivity index (χ2n) is 6.73. The summed E-state index contributed by atoms with van der Waals surface area (Å²) in [4.78, 5) is 27.5. The summed E-state index contributed by atoms with van der Waals surface area (Å²) in [6.07, 6.45) is 3.05. The van der Waals surface area contributed by atoms with Crippen molar-refractivity contribution in [1.29, 1.82) is 0 Å². The molecule has 1 aromatic carbocycles. The van der Waals surface area contributed by atoms with Gasteiger partial charge in [0.15, 0.2) is 0 Å². The Hall–Kier alpha value is -2.08. The molecule has 2 atom stereocenters. The maximum Gasteiger partial charge on any atom is 0.248 e. The molecule has 3 saturated heterocycles. The molecule has 3 fully saturated rings. The molecule has 2 amide bonds. The first-order chi connectivity index (χ1) is 11.5. The maximum absolute atomic E-state index is 12.2. The number of rotatable bonds is 6. The number of fused-ring (bicyclic) bond motifs is 4. The van der Waals surface area contributed by atoms with E-state index in [1.165, 1.54) is 0 Å². The van der Waals surface area contributed by atoms with Crippen LogP contribution in [0.5, 0.6) is 5.75 Å². The molecule has 0 spiro atoms. The Morgan fingerprint density at radius 2 is 2.00 bits per heavy atom. The summed E-state index contributed by atoms with van der Waals surface area (Å²) in [5.74, 6) is 0.776. The Labute approximate surface area is 142 Å². The number of piperidine rings is 1. The zero-order chi connectivity index (χ0) is 17.1. The second-order valence-corrected chi connectivity index (χ2v) is 6.73. The SMILES string of the molecule is CN1C(=O)[C@H]2CC[C@@H]1CN(CCCOc1ccc(C(N)=O)cc1)C2. The van der Waals surface area contributed by atoms with Crippen molar-refractivity contribution in [2.75, 3.05) is 33.3 Å². The highest BCUT2D eigenvalue weighted by Gasteiger charge is 2.38. The van der Waals surface area contributed by atoms with E-state index in [0.717, 1.165) is 44.6 Å². The van der Waals surface area contributed by atoms with E-state index in [2.05, 4.69) is 4.90 Å². The molecule has 2 bridgehead atoms. The van der Waals surface area contributed by atoms with Crippen molar-refractivity contribution in [1.82, 2.24) is 9.80 Å². The largest absolute Gasteiger partial charge is 0.494 e. The lowest BCUT2D eigenvalue weighted by atomic mass is 9.95. The number of nitrogens with two attached hydrogens (primary N) is 1. The van der Waals surface area contributed by atoms with Gasteiger partial charge in [0.25, 0.3) is 0 Å². The van der Waals surface area contributed by atoms with E-state index in [-0.39, 0.29) is 5.92 Å². The van der Waals surface area contributed by atoms with E-state index in [0.29, 0.717) is 24.1 Å². The third kappa shape index (κ3) is 3.70. The molecule has 0 aromatic heterocycles. The lowest BCUT2D eigenvalue weighted by Crippen LogP contribution is -2.45. The van der Waals surface area contributed by atoms with Gasteiger partial charge in [0.05, 0.1) is 12.5 Å². The van der Waals surface area contributed by atoms with E-state index < -0.39 is 5.91 Å². The Bertz CT molecular complexity index is 602. The Balaban J connectivity index is 1.43. The van der Waals surface area contributed by atoms with E-state index in [1.54, 1.807) is 24.3 Å². The number of amides is 2. The predicted octanol–water partition coefficient (Wildman–Crippen LogP) is 1.11. The normalized spacial score (nSPS) is 24.0. The van der Waals surface area contributed by atoms with Gasteiger partial charge in [0.1, 0.15) is 5.75 Å². The maximum atomic E-state index is 12.2. The zero-order valence-electron chi connectivity index (χ0n) is 14.1. The Kier molecular flexibility index (Phi) is 5.04. The van der Waals surface area contributed by atoms with Gasteiger partial charge < -0.3 is 20.3 Å². The Morgan fingerprint density at radius 3 is 2.71 bits per heavy atom. The molecule has 6 nitrogen and oxygen atoms in total. The fraction of sp³-hybridized carbons (Fsp3) is 0.556. The predicted molar refractivity (Wildman–Crippen MR) is 90.8 cm³/mol. The lowest BCUT2D eigenvalue weighted by Gasteiger charge is -2.32. The molecule has 0 aliphatic carbocycles. The van der Waals surface area contributed by atoms with Crippen LogP contribution in [-0.4, -0.2) is 60.9 Å². The van der Waals surface area contributed by atoms with Gasteiger partial charge in [-0.3, -0.25) is 9.59 Å². The topological polar surface area (TPSA) is 75.9 Å². The van der Waals surface area contributed by atoms with Crippen LogP contribution in [-0.2, 0) is 4.79 Å². The molecule has 4 rings (SSSR count). The third-order valence-corrected chi connectivity index (χ3v) is 5.07. The van der Waals surface area contributed by atoms with Crippen LogP contribution in [0.2, 0.25) is 0 Å². The van der Waals surface area contributed by atoms with E-state index in [9.17, 15) is 9.59 Å². The van der Waals surface area contributed by atoms with Crippen LogP contribution in [0.25, 0.3) is 0 Å². The first kappa shape index (κ1) is 16.8. The molecule has 0 unspecified atom stereocenters. The van der Waals surface area contributed by atoms with E-state index >= 15 is 0 Å². The highest BCUT2D eigenvalue weighted by Crippen LogP contribution is 2.27. The van der Waals surface area contributed by atoms with Gasteiger partial charge in [0.2, 0.25) is 11.8 Å². The highest BCUT2D eigenvalue weighted by molar-refractivity contribution is 5.92. The molecule has 3 aliphatic rings. The first-order valence-electron chi connectivity index (χ1n) is 8.56. The van der Waals surface area contributed by atoms with Crippen LogP contribution in [0.15, 0.2) is 24.3 Å². The molecule has 130 valence electrons. The smallest absolute Gasteiger partial charge is 0.248 e. The van der Waals surface area contributed by atoms with Crippen LogP contribution in [0.4, 0.5) is 0 Å². The Morgan fingerprint density at radius 1 is 1.25 bits per heavy atom. The summed E-state index contributed by atoms with van der Waals surface area (Å²) >= 11 is 0. The zero-order valence-corrected chi connectivity index (χ0v) is 14.1. The summed E-state index contributed by atoms with van der Waals surface area (Å²) in [5.41, 5.74) is 5.70. The van der Waals surface area contributed by atoms with E-state index in [1.807, 2.05) is 11.9 Å². The molecular weight excluding hydrogens is 306 g/mol. The number of hydrogen-bond donors (Lipinski definition) is 1. The fourth-order valence-electron chi connectivity index (χ4n) is 3.62. The lowest BCUT2D eigenvalue weighted by molar-refractivity contribution is -0.138. The number of primary amides is 1. The molecule has 3 aliphatic heterocycles. The van der Waals surface area contributed by atoms with Gasteiger partial charge >= 0.3 is 0 Å². The monoisotopic (exact) mass is 331 g/mol. The summed E-state index contributed by atoms with van der Waals surface area (Å²) in [7, 11) is 1.93. The van der Waals surface area contributed by atoms with E-state index in [4.69, 9.17) is 10.5 Å². The minimum Gasteiger partial charge on any atom is -0.494 e. The summed E-state index contributed by atoms with van der Waals surface area (Å²) < 4.78 is 5.72. The molecule has 3 heterocycles. The standard InChI is InChI=1S/C18H25N3O3/c1-20-15-6-3-14(18(20)23)11-21(12-15)9-2-10-24-16-7-4-13(5-8-16)17(19)22/h4-5,7-8,14-15H,2-3,6,9-12H2,1H3,(H2,19,22)/t14-,15+/m0/s1. The van der Waals surface area contributed by atoms with Crippen LogP contribution in [0.1, 0.15) is 29.6 Å². The van der Waals surface area contributed by atoms with Crippen molar-refractivity contribution in [2.24, 2.45) is 11.7 Å². The molecule has 1 aromatic rings. The quantitative estimate of drug-likeness (QED) is 0.792. The molecule has 6 heteroatoms. The molecule has 0 saturated carbocycles. The van der Waals surface area contributed by atoms with Crippen molar-refractivity contribution in [3.63, 3.8) is 0 Å². The number of nitrogens with zero attached hydrogens (tertiary/aromatic N) is 2. The number of carbonyl (C=O) groups is 2. The minimum absolute atomic E-state index is 0.163. The van der Waals surface area contributed by atoms with Crippen molar-refractivity contribution >= 4 is 11.8 Å².